The summed E-state index contributed by atoms with van der Waals surface area (Å²) in [6.07, 6.45) is 3.31. The second-order valence-corrected chi connectivity index (χ2v) is 4.68. The first-order chi connectivity index (χ1) is 9.31. The molecule has 1 aromatic rings. The summed E-state index contributed by atoms with van der Waals surface area (Å²) < 4.78 is 0. The molecule has 1 saturated heterocycles. The number of nitrogens with one attached hydrogen (secondary N) is 2. The maximum Gasteiger partial charge on any atom is 0.271 e. The fraction of sp³-hybridized carbons (Fsp3) is 0.615. The van der Waals surface area contributed by atoms with Crippen molar-refractivity contribution in [1.29, 1.82) is 0 Å². The normalized spacial score (nSPS) is 13.3. The third kappa shape index (κ3) is 6.03. The van der Waals surface area contributed by atoms with Gasteiger partial charge < -0.3 is 15.5 Å². The summed E-state index contributed by atoms with van der Waals surface area (Å²) in [7, 11) is 1.89. The Morgan fingerprint density at radius 2 is 1.90 bits per heavy atom. The van der Waals surface area contributed by atoms with Crippen LogP contribution in [0.15, 0.2) is 12.1 Å². The molecule has 1 fully saturated rings. The molecule has 2 rings (SSSR count). The van der Waals surface area contributed by atoms with Crippen molar-refractivity contribution in [2.24, 2.45) is 0 Å². The van der Waals surface area contributed by atoms with E-state index in [-0.39, 0.29) is 30.7 Å². The number of carbonyl (C=O) groups is 1. The van der Waals surface area contributed by atoms with Gasteiger partial charge in [0.1, 0.15) is 0 Å². The molecule has 21 heavy (non-hydrogen) atoms. The predicted molar refractivity (Wildman–Crippen MR) is 88.9 cm³/mol. The van der Waals surface area contributed by atoms with Crippen LogP contribution >= 0.6 is 24.8 Å². The van der Waals surface area contributed by atoms with Crippen LogP contribution in [0.2, 0.25) is 0 Å². The first kappa shape index (κ1) is 19.9. The van der Waals surface area contributed by atoms with Gasteiger partial charge in [-0.15, -0.1) is 35.0 Å². The molecule has 1 aliphatic rings. The van der Waals surface area contributed by atoms with Crippen LogP contribution < -0.4 is 15.5 Å². The molecule has 1 aliphatic heterocycles. The Kier molecular flexibility index (Phi) is 10.0. The maximum absolute atomic E-state index is 11.8. The van der Waals surface area contributed by atoms with Gasteiger partial charge in [0.15, 0.2) is 11.5 Å². The molecular formula is C13H23Cl2N5O. The van der Waals surface area contributed by atoms with Gasteiger partial charge in [0.25, 0.3) is 5.91 Å². The van der Waals surface area contributed by atoms with Crippen molar-refractivity contribution >= 4 is 36.5 Å². The molecule has 0 aromatic carbocycles. The van der Waals surface area contributed by atoms with Crippen molar-refractivity contribution in [2.45, 2.75) is 19.3 Å². The van der Waals surface area contributed by atoms with E-state index in [1.165, 1.54) is 12.8 Å². The van der Waals surface area contributed by atoms with Crippen LogP contribution in [0.5, 0.6) is 0 Å². The van der Waals surface area contributed by atoms with Crippen LogP contribution in [0, 0.1) is 0 Å². The average Bonchev–Trinajstić information content (AvgIpc) is 2.98. The quantitative estimate of drug-likeness (QED) is 0.766. The van der Waals surface area contributed by atoms with Crippen LogP contribution in [0.1, 0.15) is 29.8 Å². The minimum absolute atomic E-state index is 0. The largest absolute Gasteiger partial charge is 0.355 e. The van der Waals surface area contributed by atoms with Crippen molar-refractivity contribution in [3.05, 3.63) is 17.8 Å². The SMILES string of the molecule is CNCCCNC(=O)c1ccc(N2CCCC2)nn1.Cl.Cl. The smallest absolute Gasteiger partial charge is 0.271 e. The van der Waals surface area contributed by atoms with Gasteiger partial charge in [-0.05, 0) is 45.0 Å². The van der Waals surface area contributed by atoms with Gasteiger partial charge >= 0.3 is 0 Å². The number of aromatic nitrogens is 2. The van der Waals surface area contributed by atoms with Crippen molar-refractivity contribution in [3.63, 3.8) is 0 Å². The van der Waals surface area contributed by atoms with Crippen molar-refractivity contribution in [1.82, 2.24) is 20.8 Å². The molecule has 0 atom stereocenters. The first-order valence-corrected chi connectivity index (χ1v) is 6.83. The molecule has 120 valence electrons. The molecule has 2 heterocycles. The minimum Gasteiger partial charge on any atom is -0.355 e. The van der Waals surface area contributed by atoms with E-state index in [0.717, 1.165) is 31.9 Å². The zero-order valence-electron chi connectivity index (χ0n) is 12.2. The molecule has 1 aromatic heterocycles. The standard InChI is InChI=1S/C13H21N5O.2ClH/c1-14-7-4-8-15-13(19)11-5-6-12(17-16-11)18-9-2-3-10-18;;/h5-6,14H,2-4,7-10H2,1H3,(H,15,19);2*1H. The van der Waals surface area contributed by atoms with Crippen LogP contribution in [0.3, 0.4) is 0 Å². The fourth-order valence-corrected chi connectivity index (χ4v) is 2.12. The highest BCUT2D eigenvalue weighted by Gasteiger charge is 2.15. The zero-order chi connectivity index (χ0) is 13.5. The summed E-state index contributed by atoms with van der Waals surface area (Å²) >= 11 is 0. The summed E-state index contributed by atoms with van der Waals surface area (Å²) in [5, 5.41) is 14.0. The van der Waals surface area contributed by atoms with Crippen LogP contribution in [0.25, 0.3) is 0 Å². The molecule has 2 N–H and O–H groups in total. The minimum atomic E-state index is -0.156. The number of nitrogens with zero attached hydrogens (tertiary/aromatic N) is 3. The predicted octanol–water partition coefficient (Wildman–Crippen LogP) is 1.26. The second kappa shape index (κ2) is 10.6. The van der Waals surface area contributed by atoms with E-state index in [0.29, 0.717) is 12.2 Å². The monoisotopic (exact) mass is 335 g/mol. The van der Waals surface area contributed by atoms with Crippen molar-refractivity contribution < 1.29 is 4.79 Å². The van der Waals surface area contributed by atoms with Gasteiger partial charge in [-0.3, -0.25) is 4.79 Å². The van der Waals surface area contributed by atoms with Gasteiger partial charge in [-0.25, -0.2) is 0 Å². The van der Waals surface area contributed by atoms with Crippen molar-refractivity contribution in [2.75, 3.05) is 38.1 Å². The zero-order valence-corrected chi connectivity index (χ0v) is 13.8. The van der Waals surface area contributed by atoms with E-state index in [1.54, 1.807) is 6.07 Å². The van der Waals surface area contributed by atoms with Gasteiger partial charge in [-0.2, -0.15) is 0 Å². The second-order valence-electron chi connectivity index (χ2n) is 4.68. The Labute approximate surface area is 137 Å². The highest BCUT2D eigenvalue weighted by atomic mass is 35.5. The lowest BCUT2D eigenvalue weighted by molar-refractivity contribution is 0.0947. The molecule has 0 bridgehead atoms. The summed E-state index contributed by atoms with van der Waals surface area (Å²) in [4.78, 5) is 14.0. The molecule has 0 saturated carbocycles. The van der Waals surface area contributed by atoms with Gasteiger partial charge in [0.2, 0.25) is 0 Å². The van der Waals surface area contributed by atoms with E-state index >= 15 is 0 Å². The third-order valence-corrected chi connectivity index (χ3v) is 3.20. The summed E-state index contributed by atoms with van der Waals surface area (Å²) in [5.41, 5.74) is 0.382. The maximum atomic E-state index is 11.8. The van der Waals surface area contributed by atoms with Gasteiger partial charge in [0, 0.05) is 19.6 Å². The lowest BCUT2D eigenvalue weighted by Crippen LogP contribution is -2.28. The van der Waals surface area contributed by atoms with Crippen LogP contribution in [0.4, 0.5) is 5.82 Å². The third-order valence-electron chi connectivity index (χ3n) is 3.20. The van der Waals surface area contributed by atoms with Gasteiger partial charge in [0.05, 0.1) is 0 Å². The number of halogens is 2. The van der Waals surface area contributed by atoms with E-state index in [4.69, 9.17) is 0 Å². The summed E-state index contributed by atoms with van der Waals surface area (Å²) in [6.45, 7) is 3.60. The number of rotatable bonds is 6. The Hall–Kier alpha value is -1.11. The highest BCUT2D eigenvalue weighted by molar-refractivity contribution is 5.92. The number of hydrogen-bond donors (Lipinski definition) is 2. The summed E-state index contributed by atoms with van der Waals surface area (Å²) in [5.74, 6) is 0.709. The summed E-state index contributed by atoms with van der Waals surface area (Å²) in [6, 6.07) is 3.62. The number of anilines is 1. The number of carbonyl (C=O) groups excluding carboxylic acids is 1. The molecule has 0 aliphatic carbocycles. The molecule has 6 nitrogen and oxygen atoms in total. The highest BCUT2D eigenvalue weighted by Crippen LogP contribution is 2.16. The lowest BCUT2D eigenvalue weighted by atomic mass is 10.3. The first-order valence-electron chi connectivity index (χ1n) is 6.83. The Morgan fingerprint density at radius 3 is 2.48 bits per heavy atom. The molecule has 0 radical (unpaired) electrons. The van der Waals surface area contributed by atoms with Crippen molar-refractivity contribution in [3.8, 4) is 0 Å². The molecule has 1 amide bonds. The fourth-order valence-electron chi connectivity index (χ4n) is 2.12. The Morgan fingerprint density at radius 1 is 1.19 bits per heavy atom. The molecular weight excluding hydrogens is 313 g/mol. The Balaban J connectivity index is 0.00000200. The van der Waals surface area contributed by atoms with E-state index < -0.39 is 0 Å². The van der Waals surface area contributed by atoms with Gasteiger partial charge in [-0.1, -0.05) is 0 Å². The number of hydrogen-bond acceptors (Lipinski definition) is 5. The molecule has 0 unspecified atom stereocenters. The topological polar surface area (TPSA) is 70.2 Å². The molecule has 0 spiro atoms. The number of amides is 1. The molecule has 8 heteroatoms. The van der Waals surface area contributed by atoms with E-state index in [1.807, 2.05) is 13.1 Å². The van der Waals surface area contributed by atoms with Crippen LogP contribution in [-0.4, -0.2) is 49.3 Å². The van der Waals surface area contributed by atoms with E-state index in [9.17, 15) is 4.79 Å². The Bertz CT molecular complexity index is 410. The van der Waals surface area contributed by atoms with Crippen LogP contribution in [-0.2, 0) is 0 Å². The average molecular weight is 336 g/mol. The lowest BCUT2D eigenvalue weighted by Gasteiger charge is -2.15. The van der Waals surface area contributed by atoms with E-state index in [2.05, 4.69) is 25.7 Å².